The lowest BCUT2D eigenvalue weighted by Crippen LogP contribution is -2.52. The topological polar surface area (TPSA) is 93.4 Å². The van der Waals surface area contributed by atoms with Crippen molar-refractivity contribution in [2.75, 3.05) is 45.9 Å². The summed E-state index contributed by atoms with van der Waals surface area (Å²) in [6, 6.07) is 0. The van der Waals surface area contributed by atoms with Gasteiger partial charge in [0.25, 0.3) is 5.56 Å². The molecule has 0 aromatic carbocycles. The van der Waals surface area contributed by atoms with Crippen LogP contribution in [-0.2, 0) is 17.6 Å². The third-order valence-corrected chi connectivity index (χ3v) is 4.09. The number of hydrogen-bond donors (Lipinski definition) is 4. The van der Waals surface area contributed by atoms with E-state index in [9.17, 15) is 9.90 Å². The number of H-pyrrole nitrogens is 2. The Morgan fingerprint density at radius 2 is 2.15 bits per heavy atom. The Morgan fingerprint density at radius 1 is 1.30 bits per heavy atom. The number of fused-ring (bicyclic) bond motifs is 1. The minimum absolute atomic E-state index is 0.0139. The first-order valence-electron chi connectivity index (χ1n) is 7.18. The van der Waals surface area contributed by atoms with E-state index >= 15 is 0 Å². The van der Waals surface area contributed by atoms with Gasteiger partial charge in [0.2, 0.25) is 0 Å². The molecule has 1 atom stereocenters. The molecule has 0 spiro atoms. The number of nitrogens with zero attached hydrogens (tertiary/aromatic N) is 1. The molecule has 1 saturated heterocycles. The van der Waals surface area contributed by atoms with Crippen LogP contribution in [0.25, 0.3) is 0 Å². The number of β-amino-alcohol motifs (C(OH)–C–C–N with tert-alkyl or cyclic N) is 1. The summed E-state index contributed by atoms with van der Waals surface area (Å²) < 4.78 is 5.45. The van der Waals surface area contributed by atoms with Crippen LogP contribution in [0.2, 0.25) is 0 Å². The van der Waals surface area contributed by atoms with E-state index in [2.05, 4.69) is 20.4 Å². The Bertz CT molecular complexity index is 502. The van der Waals surface area contributed by atoms with Gasteiger partial charge in [0, 0.05) is 50.4 Å². The van der Waals surface area contributed by atoms with E-state index in [4.69, 9.17) is 4.74 Å². The molecule has 4 N–H and O–H groups in total. The molecule has 0 saturated carbocycles. The maximum absolute atomic E-state index is 11.6. The van der Waals surface area contributed by atoms with Gasteiger partial charge in [0.05, 0.1) is 13.2 Å². The van der Waals surface area contributed by atoms with E-state index in [1.54, 1.807) is 0 Å². The zero-order valence-electron chi connectivity index (χ0n) is 11.6. The Labute approximate surface area is 117 Å². The van der Waals surface area contributed by atoms with Crippen LogP contribution in [0.5, 0.6) is 0 Å². The molecule has 3 heterocycles. The van der Waals surface area contributed by atoms with E-state index in [0.717, 1.165) is 43.7 Å². The van der Waals surface area contributed by atoms with Crippen LogP contribution in [0, 0.1) is 0 Å². The maximum atomic E-state index is 11.6. The lowest BCUT2D eigenvalue weighted by atomic mass is 10.0. The van der Waals surface area contributed by atoms with Crippen molar-refractivity contribution in [2.24, 2.45) is 0 Å². The first-order valence-corrected chi connectivity index (χ1v) is 7.18. The Kier molecular flexibility index (Phi) is 3.93. The van der Waals surface area contributed by atoms with E-state index in [1.165, 1.54) is 0 Å². The minimum atomic E-state index is -0.846. The van der Waals surface area contributed by atoms with Crippen LogP contribution >= 0.6 is 0 Å². The fourth-order valence-corrected chi connectivity index (χ4v) is 3.00. The smallest absolute Gasteiger partial charge is 0.267 e. The first-order chi connectivity index (χ1) is 9.66. The summed E-state index contributed by atoms with van der Waals surface area (Å²) in [4.78, 5) is 13.8. The number of aromatic amines is 2. The van der Waals surface area contributed by atoms with Gasteiger partial charge in [0.1, 0.15) is 5.60 Å². The van der Waals surface area contributed by atoms with Crippen LogP contribution in [-0.4, -0.2) is 71.7 Å². The average Bonchev–Trinajstić information content (AvgIpc) is 2.60. The predicted octanol–water partition coefficient (Wildman–Crippen LogP) is -1.55. The van der Waals surface area contributed by atoms with Crippen LogP contribution in [0.4, 0.5) is 0 Å². The summed E-state index contributed by atoms with van der Waals surface area (Å²) in [5, 5.41) is 19.4. The molecule has 1 fully saturated rings. The Hall–Kier alpha value is -1.15. The fraction of sp³-hybridized carbons (Fsp3) is 0.769. The summed E-state index contributed by atoms with van der Waals surface area (Å²) in [6.07, 6.45) is 1.52. The molecule has 2 aliphatic heterocycles. The van der Waals surface area contributed by atoms with E-state index < -0.39 is 5.60 Å². The lowest BCUT2D eigenvalue weighted by molar-refractivity contribution is -0.0483. The molecule has 3 rings (SSSR count). The molecule has 0 unspecified atom stereocenters. The molecule has 0 aliphatic carbocycles. The highest BCUT2D eigenvalue weighted by Gasteiger charge is 2.32. The van der Waals surface area contributed by atoms with Crippen molar-refractivity contribution in [3.05, 3.63) is 21.6 Å². The van der Waals surface area contributed by atoms with Crippen molar-refractivity contribution in [1.82, 2.24) is 20.4 Å². The van der Waals surface area contributed by atoms with Crippen LogP contribution in [0.3, 0.4) is 0 Å². The average molecular weight is 282 g/mol. The van der Waals surface area contributed by atoms with Gasteiger partial charge in [-0.05, 0) is 6.42 Å². The summed E-state index contributed by atoms with van der Waals surface area (Å²) in [5.74, 6) is 0. The molecular weight excluding hydrogens is 260 g/mol. The number of rotatable bonds is 2. The molecule has 0 bridgehead atoms. The second kappa shape index (κ2) is 5.69. The molecule has 112 valence electrons. The quantitative estimate of drug-likeness (QED) is 0.527. The summed E-state index contributed by atoms with van der Waals surface area (Å²) >= 11 is 0. The standard InChI is InChI=1S/C13H22N4O3/c18-12-10-1-4-17(5-2-11(10)15-16-12)8-13(19)7-14-3-6-20-9-13/h14,19H,1-9H2,(H2,15,16,18)/t13-/m0/s1. The molecule has 0 amide bonds. The van der Waals surface area contributed by atoms with Crippen molar-refractivity contribution in [3.63, 3.8) is 0 Å². The van der Waals surface area contributed by atoms with Crippen LogP contribution < -0.4 is 10.9 Å². The summed E-state index contributed by atoms with van der Waals surface area (Å²) in [7, 11) is 0. The SMILES string of the molecule is O=c1[nH][nH]c2c1CCN(C[C@@]1(O)CNCCOC1)CC2. The van der Waals surface area contributed by atoms with Gasteiger partial charge in [-0.2, -0.15) is 0 Å². The van der Waals surface area contributed by atoms with Crippen LogP contribution in [0.1, 0.15) is 11.3 Å². The van der Waals surface area contributed by atoms with Crippen molar-refractivity contribution in [2.45, 2.75) is 18.4 Å². The lowest BCUT2D eigenvalue weighted by Gasteiger charge is -2.32. The Balaban J connectivity index is 1.63. The number of aliphatic hydroxyl groups is 1. The number of aromatic nitrogens is 2. The van der Waals surface area contributed by atoms with Crippen molar-refractivity contribution in [1.29, 1.82) is 0 Å². The van der Waals surface area contributed by atoms with Gasteiger partial charge in [-0.25, -0.2) is 0 Å². The number of nitrogens with one attached hydrogen (secondary N) is 3. The van der Waals surface area contributed by atoms with Gasteiger partial charge >= 0.3 is 0 Å². The molecule has 1 aromatic heterocycles. The monoisotopic (exact) mass is 282 g/mol. The predicted molar refractivity (Wildman–Crippen MR) is 73.9 cm³/mol. The van der Waals surface area contributed by atoms with E-state index in [-0.39, 0.29) is 5.56 Å². The highest BCUT2D eigenvalue weighted by molar-refractivity contribution is 5.18. The van der Waals surface area contributed by atoms with E-state index in [0.29, 0.717) is 26.3 Å². The highest BCUT2D eigenvalue weighted by atomic mass is 16.5. The third-order valence-electron chi connectivity index (χ3n) is 4.09. The molecule has 7 heteroatoms. The second-order valence-electron chi connectivity index (χ2n) is 5.77. The fourth-order valence-electron chi connectivity index (χ4n) is 3.00. The maximum Gasteiger partial charge on any atom is 0.267 e. The first kappa shape index (κ1) is 13.8. The molecule has 1 aromatic rings. The minimum Gasteiger partial charge on any atom is -0.385 e. The number of hydrogen-bond acceptors (Lipinski definition) is 5. The van der Waals surface area contributed by atoms with Crippen molar-refractivity contribution < 1.29 is 9.84 Å². The zero-order valence-corrected chi connectivity index (χ0v) is 11.6. The van der Waals surface area contributed by atoms with Gasteiger partial charge in [-0.15, -0.1) is 0 Å². The van der Waals surface area contributed by atoms with E-state index in [1.807, 2.05) is 0 Å². The number of ether oxygens (including phenoxy) is 1. The normalized spacial score (nSPS) is 28.6. The third kappa shape index (κ3) is 2.95. The van der Waals surface area contributed by atoms with Gasteiger partial charge in [-0.1, -0.05) is 0 Å². The molecular formula is C13H22N4O3. The van der Waals surface area contributed by atoms with Crippen LogP contribution in [0.15, 0.2) is 4.79 Å². The molecule has 20 heavy (non-hydrogen) atoms. The van der Waals surface area contributed by atoms with Crippen molar-refractivity contribution >= 4 is 0 Å². The van der Waals surface area contributed by atoms with Gasteiger partial charge in [0.15, 0.2) is 0 Å². The molecule has 2 aliphatic rings. The van der Waals surface area contributed by atoms with Crippen molar-refractivity contribution in [3.8, 4) is 0 Å². The Morgan fingerprint density at radius 3 is 3.05 bits per heavy atom. The largest absolute Gasteiger partial charge is 0.385 e. The summed E-state index contributed by atoms with van der Waals surface area (Å²) in [6.45, 7) is 4.53. The van der Waals surface area contributed by atoms with Gasteiger partial charge < -0.3 is 20.3 Å². The summed E-state index contributed by atoms with van der Waals surface area (Å²) in [5.41, 5.74) is 0.996. The molecule has 7 nitrogen and oxygen atoms in total. The molecule has 0 radical (unpaired) electrons. The van der Waals surface area contributed by atoms with Gasteiger partial charge in [-0.3, -0.25) is 14.8 Å². The second-order valence-corrected chi connectivity index (χ2v) is 5.77. The highest BCUT2D eigenvalue weighted by Crippen LogP contribution is 2.14. The zero-order chi connectivity index (χ0) is 14.0.